The first-order valence-electron chi connectivity index (χ1n) is 6.36. The Balaban J connectivity index is 2.13. The Bertz CT molecular complexity index is 262. The molecule has 1 aliphatic heterocycles. The van der Waals surface area contributed by atoms with Gasteiger partial charge in [-0.25, -0.2) is 0 Å². The van der Waals surface area contributed by atoms with Crippen molar-refractivity contribution >= 4 is 11.8 Å². The first kappa shape index (κ1) is 14.0. The van der Waals surface area contributed by atoms with Crippen molar-refractivity contribution in [2.45, 2.75) is 45.1 Å². The van der Waals surface area contributed by atoms with Crippen LogP contribution in [-0.2, 0) is 9.59 Å². The molecule has 1 rings (SSSR count). The molecule has 0 radical (unpaired) electrons. The molecule has 0 aromatic carbocycles. The lowest BCUT2D eigenvalue weighted by Gasteiger charge is -2.22. The van der Waals surface area contributed by atoms with E-state index in [0.717, 1.165) is 32.4 Å². The monoisotopic (exact) mass is 241 g/mol. The molecule has 1 atom stereocenters. The quantitative estimate of drug-likeness (QED) is 0.618. The summed E-state index contributed by atoms with van der Waals surface area (Å²) in [6.45, 7) is 3.92. The summed E-state index contributed by atoms with van der Waals surface area (Å²) < 4.78 is 0. The second-order valence-corrected chi connectivity index (χ2v) is 4.87. The van der Waals surface area contributed by atoms with Gasteiger partial charge in [0.1, 0.15) is 0 Å². The number of amides is 2. The number of primary amides is 1. The van der Waals surface area contributed by atoms with Gasteiger partial charge < -0.3 is 16.4 Å². The largest absolute Gasteiger partial charge is 0.370 e. The lowest BCUT2D eigenvalue weighted by Crippen LogP contribution is -2.36. The fourth-order valence-electron chi connectivity index (χ4n) is 2.21. The predicted octanol–water partition coefficient (Wildman–Crippen LogP) is 0.146. The maximum absolute atomic E-state index is 11.6. The van der Waals surface area contributed by atoms with Crippen molar-refractivity contribution in [2.75, 3.05) is 13.1 Å². The average Bonchev–Trinajstić information content (AvgIpc) is 2.26. The molecule has 98 valence electrons. The van der Waals surface area contributed by atoms with Gasteiger partial charge in [0, 0.05) is 18.9 Å². The van der Waals surface area contributed by atoms with Crippen LogP contribution < -0.4 is 16.4 Å². The smallest absolute Gasteiger partial charge is 0.220 e. The van der Waals surface area contributed by atoms with E-state index in [9.17, 15) is 9.59 Å². The van der Waals surface area contributed by atoms with Crippen molar-refractivity contribution in [2.24, 2.45) is 11.7 Å². The summed E-state index contributed by atoms with van der Waals surface area (Å²) in [4.78, 5) is 22.3. The molecule has 17 heavy (non-hydrogen) atoms. The molecule has 1 heterocycles. The minimum Gasteiger partial charge on any atom is -0.370 e. The van der Waals surface area contributed by atoms with Crippen LogP contribution in [0.1, 0.15) is 39.0 Å². The molecule has 1 aliphatic rings. The number of piperidine rings is 1. The number of nitrogens with two attached hydrogens (primary N) is 1. The molecule has 2 amide bonds. The van der Waals surface area contributed by atoms with Crippen LogP contribution in [0.25, 0.3) is 0 Å². The second-order valence-electron chi connectivity index (χ2n) is 4.87. The van der Waals surface area contributed by atoms with E-state index in [1.807, 2.05) is 0 Å². The first-order valence-corrected chi connectivity index (χ1v) is 6.36. The van der Waals surface area contributed by atoms with Crippen molar-refractivity contribution in [3.05, 3.63) is 0 Å². The highest BCUT2D eigenvalue weighted by molar-refractivity contribution is 5.78. The number of carbonyl (C=O) groups excluding carboxylic acids is 2. The van der Waals surface area contributed by atoms with Gasteiger partial charge in [-0.2, -0.15) is 0 Å². The van der Waals surface area contributed by atoms with Crippen LogP contribution >= 0.6 is 0 Å². The van der Waals surface area contributed by atoms with Gasteiger partial charge >= 0.3 is 0 Å². The van der Waals surface area contributed by atoms with Crippen LogP contribution in [0.2, 0.25) is 0 Å². The molecular formula is C12H23N3O2. The molecule has 5 heteroatoms. The first-order chi connectivity index (χ1) is 8.08. The highest BCUT2D eigenvalue weighted by atomic mass is 16.2. The van der Waals surface area contributed by atoms with Gasteiger partial charge in [-0.15, -0.1) is 0 Å². The highest BCUT2D eigenvalue weighted by Gasteiger charge is 2.15. The Kier molecular flexibility index (Phi) is 5.97. The van der Waals surface area contributed by atoms with E-state index in [-0.39, 0.29) is 24.3 Å². The summed E-state index contributed by atoms with van der Waals surface area (Å²) in [6.07, 6.45) is 4.01. The Morgan fingerprint density at radius 3 is 2.65 bits per heavy atom. The third kappa shape index (κ3) is 6.26. The van der Waals surface area contributed by atoms with Gasteiger partial charge in [-0.1, -0.05) is 0 Å². The molecule has 0 aromatic rings. The normalized spacial score (nSPS) is 18.6. The highest BCUT2D eigenvalue weighted by Crippen LogP contribution is 2.17. The Labute approximate surface area is 103 Å². The lowest BCUT2D eigenvalue weighted by molar-refractivity contribution is -0.122. The number of nitrogens with one attached hydrogen (secondary N) is 2. The van der Waals surface area contributed by atoms with Crippen molar-refractivity contribution in [1.82, 2.24) is 10.6 Å². The minimum atomic E-state index is -0.379. The molecule has 1 unspecified atom stereocenters. The Morgan fingerprint density at radius 2 is 2.06 bits per heavy atom. The van der Waals surface area contributed by atoms with Crippen molar-refractivity contribution in [1.29, 1.82) is 0 Å². The molecule has 0 aromatic heterocycles. The van der Waals surface area contributed by atoms with Crippen LogP contribution in [-0.4, -0.2) is 30.9 Å². The maximum Gasteiger partial charge on any atom is 0.220 e. The lowest BCUT2D eigenvalue weighted by atomic mass is 9.93. The maximum atomic E-state index is 11.6. The zero-order chi connectivity index (χ0) is 12.7. The van der Waals surface area contributed by atoms with Crippen LogP contribution in [0, 0.1) is 5.92 Å². The SMILES string of the molecule is CC(CC(N)=O)NC(=O)CCC1CCNCC1. The molecule has 0 aliphatic carbocycles. The number of hydrogen-bond acceptors (Lipinski definition) is 3. The van der Waals surface area contributed by atoms with Crippen molar-refractivity contribution in [3.63, 3.8) is 0 Å². The zero-order valence-corrected chi connectivity index (χ0v) is 10.5. The fraction of sp³-hybridized carbons (Fsp3) is 0.833. The molecule has 0 saturated carbocycles. The second kappa shape index (κ2) is 7.27. The van der Waals surface area contributed by atoms with Crippen molar-refractivity contribution in [3.8, 4) is 0 Å². The molecular weight excluding hydrogens is 218 g/mol. The fourth-order valence-corrected chi connectivity index (χ4v) is 2.21. The molecule has 0 spiro atoms. The summed E-state index contributed by atoms with van der Waals surface area (Å²) in [5.41, 5.74) is 5.06. The summed E-state index contributed by atoms with van der Waals surface area (Å²) in [6, 6.07) is -0.159. The topological polar surface area (TPSA) is 84.2 Å². The number of carbonyl (C=O) groups is 2. The minimum absolute atomic E-state index is 0.0253. The number of rotatable bonds is 6. The van der Waals surface area contributed by atoms with Gasteiger partial charge in [-0.05, 0) is 45.2 Å². The van der Waals surface area contributed by atoms with Crippen molar-refractivity contribution < 1.29 is 9.59 Å². The van der Waals surface area contributed by atoms with E-state index < -0.39 is 0 Å². The summed E-state index contributed by atoms with van der Waals surface area (Å²) in [7, 11) is 0. The predicted molar refractivity (Wildman–Crippen MR) is 66.2 cm³/mol. The van der Waals surface area contributed by atoms with E-state index in [0.29, 0.717) is 12.3 Å². The molecule has 5 nitrogen and oxygen atoms in total. The summed E-state index contributed by atoms with van der Waals surface area (Å²) >= 11 is 0. The summed E-state index contributed by atoms with van der Waals surface area (Å²) in [5.74, 6) is 0.307. The van der Waals surface area contributed by atoms with E-state index in [1.165, 1.54) is 0 Å². The van der Waals surface area contributed by atoms with Gasteiger partial charge in [0.25, 0.3) is 0 Å². The van der Waals surface area contributed by atoms with Crippen LogP contribution in [0.15, 0.2) is 0 Å². The van der Waals surface area contributed by atoms with Gasteiger partial charge in [0.05, 0.1) is 0 Å². The Hall–Kier alpha value is -1.10. The molecule has 1 saturated heterocycles. The molecule has 4 N–H and O–H groups in total. The third-order valence-electron chi connectivity index (χ3n) is 3.15. The van der Waals surface area contributed by atoms with Crippen LogP contribution in [0.3, 0.4) is 0 Å². The van der Waals surface area contributed by atoms with Gasteiger partial charge in [0.2, 0.25) is 11.8 Å². The zero-order valence-electron chi connectivity index (χ0n) is 10.5. The molecule has 1 fully saturated rings. The van der Waals surface area contributed by atoms with E-state index >= 15 is 0 Å². The van der Waals surface area contributed by atoms with Crippen LogP contribution in [0.5, 0.6) is 0 Å². The standard InChI is InChI=1S/C12H23N3O2/c1-9(8-11(13)16)15-12(17)3-2-10-4-6-14-7-5-10/h9-10,14H,2-8H2,1H3,(H2,13,16)(H,15,17). The number of hydrogen-bond donors (Lipinski definition) is 3. The van der Waals surface area contributed by atoms with E-state index in [4.69, 9.17) is 5.73 Å². The average molecular weight is 241 g/mol. The van der Waals surface area contributed by atoms with E-state index in [1.54, 1.807) is 6.92 Å². The Morgan fingerprint density at radius 1 is 1.41 bits per heavy atom. The summed E-state index contributed by atoms with van der Waals surface area (Å²) in [5, 5.41) is 6.10. The van der Waals surface area contributed by atoms with E-state index in [2.05, 4.69) is 10.6 Å². The van der Waals surface area contributed by atoms with Gasteiger partial charge in [-0.3, -0.25) is 9.59 Å². The third-order valence-corrected chi connectivity index (χ3v) is 3.15. The van der Waals surface area contributed by atoms with Crippen LogP contribution in [0.4, 0.5) is 0 Å². The molecule has 0 bridgehead atoms. The van der Waals surface area contributed by atoms with Gasteiger partial charge in [0.15, 0.2) is 0 Å².